The molecule has 2 radical (unpaired) electrons. The number of hydrogen-bond acceptors (Lipinski definition) is 4. The quantitative estimate of drug-likeness (QED) is 0.672. The molecule has 3 rings (SSSR count). The molecule has 1 N–H and O–H groups in total. The lowest BCUT2D eigenvalue weighted by molar-refractivity contribution is 0.0105. The predicted octanol–water partition coefficient (Wildman–Crippen LogP) is 3.76. The fourth-order valence-corrected chi connectivity index (χ4v) is 2.85. The van der Waals surface area contributed by atoms with Gasteiger partial charge < -0.3 is 0 Å². The molecule has 0 saturated carbocycles. The molecule has 122 valence electrons. The first kappa shape index (κ1) is 16.9. The second kappa shape index (κ2) is 7.77. The van der Waals surface area contributed by atoms with E-state index in [1.165, 1.54) is 12.4 Å². The van der Waals surface area contributed by atoms with Gasteiger partial charge in [0.2, 0.25) is 0 Å². The molecule has 1 unspecified atom stereocenters. The summed E-state index contributed by atoms with van der Waals surface area (Å²) in [5, 5.41) is 13.5. The first-order valence-corrected chi connectivity index (χ1v) is 7.98. The minimum atomic E-state index is -0.0176. The van der Waals surface area contributed by atoms with Crippen LogP contribution in [0.4, 0.5) is 0 Å². The molecule has 0 aliphatic carbocycles. The number of hydroxylamine groups is 2. The van der Waals surface area contributed by atoms with Gasteiger partial charge in [-0.3, -0.25) is 5.21 Å². The lowest BCUT2D eigenvalue weighted by Crippen LogP contribution is -2.08. The average molecular weight is 328 g/mol. The Balaban J connectivity index is 1.99. The number of rotatable bonds is 5. The van der Waals surface area contributed by atoms with Gasteiger partial charge in [0.05, 0.1) is 5.70 Å². The van der Waals surface area contributed by atoms with Gasteiger partial charge in [0.1, 0.15) is 7.85 Å². The number of benzene rings is 2. The van der Waals surface area contributed by atoms with Gasteiger partial charge in [0.15, 0.2) is 0 Å². The fourth-order valence-electron chi connectivity index (χ4n) is 2.85. The summed E-state index contributed by atoms with van der Waals surface area (Å²) in [6.45, 7) is 0. The van der Waals surface area contributed by atoms with E-state index >= 15 is 0 Å². The van der Waals surface area contributed by atoms with Crippen LogP contribution in [-0.2, 0) is 0 Å². The van der Waals surface area contributed by atoms with Crippen LogP contribution in [0.25, 0.3) is 0 Å². The Morgan fingerprint density at radius 2 is 1.60 bits per heavy atom. The van der Waals surface area contributed by atoms with Crippen LogP contribution >= 0.6 is 0 Å². The molecule has 4 nitrogen and oxygen atoms in total. The molecular formula is C20H17BN2O2. The van der Waals surface area contributed by atoms with Crippen molar-refractivity contribution in [3.05, 3.63) is 106 Å². The summed E-state index contributed by atoms with van der Waals surface area (Å²) in [7, 11) is 5.80. The third kappa shape index (κ3) is 4.14. The summed E-state index contributed by atoms with van der Waals surface area (Å²) in [5.41, 5.74) is 3.99. The lowest BCUT2D eigenvalue weighted by Gasteiger charge is -2.19. The molecule has 2 aromatic carbocycles. The van der Waals surface area contributed by atoms with Crippen LogP contribution in [0.5, 0.6) is 0 Å². The van der Waals surface area contributed by atoms with Gasteiger partial charge in [-0.1, -0.05) is 60.1 Å². The third-order valence-corrected chi connectivity index (χ3v) is 4.20. The van der Waals surface area contributed by atoms with Crippen LogP contribution in [0, 0.1) is 4.91 Å². The van der Waals surface area contributed by atoms with Gasteiger partial charge in [-0.15, -0.1) is 4.91 Å². The molecule has 0 saturated heterocycles. The normalized spacial score (nSPS) is 14.4. The van der Waals surface area contributed by atoms with Gasteiger partial charge in [0.25, 0.3) is 0 Å². The van der Waals surface area contributed by atoms with Crippen LogP contribution in [0.1, 0.15) is 23.5 Å². The molecule has 0 amide bonds. The Morgan fingerprint density at radius 1 is 1.00 bits per heavy atom. The van der Waals surface area contributed by atoms with E-state index in [0.717, 1.165) is 16.2 Å². The SMILES string of the molecule is [B]c1ccc(C(CC(N=O)=C2C=CN(O)C=C2)c2ccccc2)cc1. The van der Waals surface area contributed by atoms with Crippen molar-refractivity contribution in [3.8, 4) is 0 Å². The summed E-state index contributed by atoms with van der Waals surface area (Å²) in [5.74, 6) is -0.0176. The molecule has 0 spiro atoms. The molecule has 1 aliphatic rings. The van der Waals surface area contributed by atoms with Crippen molar-refractivity contribution in [2.75, 3.05) is 0 Å². The van der Waals surface area contributed by atoms with Gasteiger partial charge in [-0.25, -0.2) is 5.06 Å². The van der Waals surface area contributed by atoms with E-state index in [0.29, 0.717) is 23.2 Å². The zero-order valence-electron chi connectivity index (χ0n) is 13.6. The van der Waals surface area contributed by atoms with Crippen LogP contribution in [0.3, 0.4) is 0 Å². The summed E-state index contributed by atoms with van der Waals surface area (Å²) < 4.78 is 0. The number of allylic oxidation sites excluding steroid dienone is 4. The first-order valence-electron chi connectivity index (χ1n) is 7.98. The first-order chi connectivity index (χ1) is 12.2. The van der Waals surface area contributed by atoms with Crippen molar-refractivity contribution in [2.45, 2.75) is 12.3 Å². The van der Waals surface area contributed by atoms with Crippen molar-refractivity contribution in [1.82, 2.24) is 5.06 Å². The molecule has 1 heterocycles. The second-order valence-corrected chi connectivity index (χ2v) is 5.84. The predicted molar refractivity (Wildman–Crippen MR) is 99.5 cm³/mol. The zero-order valence-corrected chi connectivity index (χ0v) is 13.6. The minimum absolute atomic E-state index is 0.0176. The maximum atomic E-state index is 11.5. The van der Waals surface area contributed by atoms with Crippen molar-refractivity contribution in [3.63, 3.8) is 0 Å². The topological polar surface area (TPSA) is 52.9 Å². The standard InChI is InChI=1S/C20H17BN2O2/c21-18-8-6-16(7-9-18)19(15-4-2-1-3-5-15)14-20(22-24)17-10-12-23(25)13-11-17/h1-13,19,25H,14H2. The highest BCUT2D eigenvalue weighted by atomic mass is 16.5. The molecule has 25 heavy (non-hydrogen) atoms. The third-order valence-electron chi connectivity index (χ3n) is 4.20. The molecule has 1 aliphatic heterocycles. The monoisotopic (exact) mass is 328 g/mol. The number of nitrogens with zero attached hydrogens (tertiary/aromatic N) is 2. The number of hydrogen-bond donors (Lipinski definition) is 1. The lowest BCUT2D eigenvalue weighted by atomic mass is 9.84. The van der Waals surface area contributed by atoms with E-state index in [1.807, 2.05) is 54.6 Å². The highest BCUT2D eigenvalue weighted by Gasteiger charge is 2.18. The Morgan fingerprint density at radius 3 is 2.20 bits per heavy atom. The van der Waals surface area contributed by atoms with Crippen LogP contribution in [-0.4, -0.2) is 18.1 Å². The van der Waals surface area contributed by atoms with Gasteiger partial charge in [0, 0.05) is 30.3 Å². The Kier molecular flexibility index (Phi) is 5.26. The van der Waals surface area contributed by atoms with E-state index in [1.54, 1.807) is 12.2 Å². The highest BCUT2D eigenvalue weighted by Crippen LogP contribution is 2.33. The molecule has 5 heteroatoms. The largest absolute Gasteiger partial charge is 0.285 e. The van der Waals surface area contributed by atoms with Gasteiger partial charge in [-0.2, -0.15) is 0 Å². The zero-order chi connectivity index (χ0) is 17.6. The van der Waals surface area contributed by atoms with E-state index in [-0.39, 0.29) is 5.92 Å². The van der Waals surface area contributed by atoms with E-state index in [4.69, 9.17) is 7.85 Å². The second-order valence-electron chi connectivity index (χ2n) is 5.84. The molecular weight excluding hydrogens is 311 g/mol. The van der Waals surface area contributed by atoms with Crippen LogP contribution < -0.4 is 5.46 Å². The summed E-state index contributed by atoms with van der Waals surface area (Å²) in [6, 6.07) is 17.7. The smallest absolute Gasteiger partial charge is 0.113 e. The Bertz CT molecular complexity index is 811. The number of nitroso groups, excluding NO2 is 1. The molecule has 1 atom stereocenters. The summed E-state index contributed by atoms with van der Waals surface area (Å²) >= 11 is 0. The molecule has 0 fully saturated rings. The van der Waals surface area contributed by atoms with Crippen molar-refractivity contribution < 1.29 is 5.21 Å². The van der Waals surface area contributed by atoms with Crippen molar-refractivity contribution in [2.24, 2.45) is 5.18 Å². The Labute approximate surface area is 148 Å². The van der Waals surface area contributed by atoms with Crippen molar-refractivity contribution >= 4 is 13.3 Å². The maximum Gasteiger partial charge on any atom is 0.113 e. The highest BCUT2D eigenvalue weighted by molar-refractivity contribution is 6.32. The maximum absolute atomic E-state index is 11.5. The fraction of sp³-hybridized carbons (Fsp3) is 0.100. The van der Waals surface area contributed by atoms with Gasteiger partial charge in [-0.05, 0) is 28.5 Å². The van der Waals surface area contributed by atoms with Gasteiger partial charge >= 0.3 is 0 Å². The van der Waals surface area contributed by atoms with Crippen LogP contribution in [0.15, 0.2) is 95.6 Å². The summed E-state index contributed by atoms with van der Waals surface area (Å²) in [6.07, 6.45) is 6.74. The Hall–Kier alpha value is -2.92. The van der Waals surface area contributed by atoms with E-state index < -0.39 is 0 Å². The molecule has 2 aromatic rings. The van der Waals surface area contributed by atoms with E-state index in [2.05, 4.69) is 5.18 Å². The van der Waals surface area contributed by atoms with Crippen molar-refractivity contribution in [1.29, 1.82) is 0 Å². The van der Waals surface area contributed by atoms with E-state index in [9.17, 15) is 10.1 Å². The molecule has 0 bridgehead atoms. The minimum Gasteiger partial charge on any atom is -0.285 e. The van der Waals surface area contributed by atoms with Crippen LogP contribution in [0.2, 0.25) is 0 Å². The molecule has 0 aromatic heterocycles. The summed E-state index contributed by atoms with van der Waals surface area (Å²) in [4.78, 5) is 11.5. The average Bonchev–Trinajstić information content (AvgIpc) is 2.65.